The maximum atomic E-state index is 13.2. The largest absolute Gasteiger partial charge is 0.497 e. The Morgan fingerprint density at radius 3 is 2.34 bits per heavy atom. The molecule has 4 rings (SSSR count). The molecule has 0 spiro atoms. The highest BCUT2D eigenvalue weighted by atomic mass is 32.1. The van der Waals surface area contributed by atoms with Crippen molar-refractivity contribution in [1.82, 2.24) is 4.57 Å². The van der Waals surface area contributed by atoms with Gasteiger partial charge >= 0.3 is 0 Å². The molecule has 0 saturated heterocycles. The van der Waals surface area contributed by atoms with Gasteiger partial charge in [-0.05, 0) is 41.5 Å². The van der Waals surface area contributed by atoms with Crippen LogP contribution in [0, 0.1) is 22.7 Å². The molecule has 0 fully saturated rings. The Morgan fingerprint density at radius 2 is 1.69 bits per heavy atom. The molecule has 0 bridgehead atoms. The molecule has 1 aliphatic heterocycles. The molecule has 1 aliphatic rings. The number of hydrogen-bond donors (Lipinski definition) is 1. The lowest BCUT2D eigenvalue weighted by atomic mass is 9.84. The first-order chi connectivity index (χ1) is 15.5. The minimum absolute atomic E-state index is 0.0286. The van der Waals surface area contributed by atoms with Gasteiger partial charge in [0.15, 0.2) is 0 Å². The third kappa shape index (κ3) is 3.43. The zero-order chi connectivity index (χ0) is 22.8. The summed E-state index contributed by atoms with van der Waals surface area (Å²) < 4.78 is 12.6. The van der Waals surface area contributed by atoms with E-state index in [0.29, 0.717) is 26.3 Å². The van der Waals surface area contributed by atoms with Gasteiger partial charge in [0.25, 0.3) is 5.56 Å². The molecule has 0 unspecified atom stereocenters. The lowest BCUT2D eigenvalue weighted by molar-refractivity contribution is 0.414. The molecular weight excluding hydrogens is 424 g/mol. The number of methoxy groups -OCH3 is 2. The van der Waals surface area contributed by atoms with E-state index in [1.807, 2.05) is 18.2 Å². The minimum Gasteiger partial charge on any atom is -0.497 e. The lowest BCUT2D eigenvalue weighted by Crippen LogP contribution is -2.38. The molecule has 32 heavy (non-hydrogen) atoms. The SMILES string of the molecule is COc1cccc(/C=c2\sc3n(c2=O)C(N)=C(C#N)[C@H](c2cccc(OC)c2)C=3C#N)c1. The third-order valence-corrected chi connectivity index (χ3v) is 6.32. The predicted octanol–water partition coefficient (Wildman–Crippen LogP) is 1.88. The maximum absolute atomic E-state index is 13.2. The van der Waals surface area contributed by atoms with Crippen LogP contribution in [0.3, 0.4) is 0 Å². The number of nitriles is 2. The number of ether oxygens (including phenoxy) is 2. The number of allylic oxidation sites excluding steroid dienone is 1. The van der Waals surface area contributed by atoms with Crippen molar-refractivity contribution in [3.8, 4) is 23.6 Å². The molecule has 8 heteroatoms. The maximum Gasteiger partial charge on any atom is 0.274 e. The van der Waals surface area contributed by atoms with Gasteiger partial charge in [-0.1, -0.05) is 24.3 Å². The summed E-state index contributed by atoms with van der Waals surface area (Å²) in [5.74, 6) is 0.592. The van der Waals surface area contributed by atoms with Crippen molar-refractivity contribution in [2.75, 3.05) is 14.2 Å². The summed E-state index contributed by atoms with van der Waals surface area (Å²) in [4.78, 5) is 13.2. The Bertz CT molecular complexity index is 1520. The average Bonchev–Trinajstić information content (AvgIpc) is 3.15. The molecule has 2 heterocycles. The van der Waals surface area contributed by atoms with Gasteiger partial charge in [-0.25, -0.2) is 0 Å². The van der Waals surface area contributed by atoms with E-state index in [1.165, 1.54) is 15.9 Å². The van der Waals surface area contributed by atoms with Gasteiger partial charge in [0, 0.05) is 0 Å². The van der Waals surface area contributed by atoms with Crippen LogP contribution < -0.4 is 30.0 Å². The summed E-state index contributed by atoms with van der Waals surface area (Å²) >= 11 is 1.17. The molecule has 158 valence electrons. The number of thiazole rings is 1. The zero-order valence-electron chi connectivity index (χ0n) is 17.3. The Hall–Kier alpha value is -4.27. The zero-order valence-corrected chi connectivity index (χ0v) is 18.1. The highest BCUT2D eigenvalue weighted by molar-refractivity contribution is 7.07. The Balaban J connectivity index is 2.02. The van der Waals surface area contributed by atoms with Crippen molar-refractivity contribution in [1.29, 1.82) is 10.5 Å². The molecule has 0 aliphatic carbocycles. The summed E-state index contributed by atoms with van der Waals surface area (Å²) in [5, 5.41) is 19.9. The monoisotopic (exact) mass is 442 g/mol. The Morgan fingerprint density at radius 1 is 1.03 bits per heavy atom. The number of nitrogens with two attached hydrogens (primary N) is 1. The second-order valence-corrected chi connectivity index (χ2v) is 8.01. The van der Waals surface area contributed by atoms with E-state index in [9.17, 15) is 15.3 Å². The van der Waals surface area contributed by atoms with Crippen LogP contribution in [0.2, 0.25) is 0 Å². The molecule has 0 radical (unpaired) electrons. The van der Waals surface area contributed by atoms with Gasteiger partial charge in [-0.15, -0.1) is 11.3 Å². The fourth-order valence-corrected chi connectivity index (χ4v) is 4.82. The predicted molar refractivity (Wildman–Crippen MR) is 122 cm³/mol. The molecule has 3 aromatic rings. The molecule has 2 aromatic carbocycles. The number of hydrogen-bond acceptors (Lipinski definition) is 7. The van der Waals surface area contributed by atoms with Crippen molar-refractivity contribution in [3.05, 3.63) is 84.8 Å². The molecule has 0 amide bonds. The first-order valence-electron chi connectivity index (χ1n) is 9.58. The van der Waals surface area contributed by atoms with E-state index in [4.69, 9.17) is 15.2 Å². The van der Waals surface area contributed by atoms with Crippen molar-refractivity contribution >= 4 is 28.8 Å². The fourth-order valence-electron chi connectivity index (χ4n) is 3.69. The second-order valence-electron chi connectivity index (χ2n) is 6.98. The molecule has 0 saturated carbocycles. The van der Waals surface area contributed by atoms with Crippen molar-refractivity contribution < 1.29 is 9.47 Å². The van der Waals surface area contributed by atoms with E-state index in [-0.39, 0.29) is 22.5 Å². The van der Waals surface area contributed by atoms with Crippen LogP contribution in [0.5, 0.6) is 11.5 Å². The van der Waals surface area contributed by atoms with Crippen molar-refractivity contribution in [3.63, 3.8) is 0 Å². The molecule has 1 aromatic heterocycles. The van der Waals surface area contributed by atoms with Crippen LogP contribution in [-0.2, 0) is 0 Å². The molecule has 2 N–H and O–H groups in total. The quantitative estimate of drug-likeness (QED) is 0.660. The summed E-state index contributed by atoms with van der Waals surface area (Å²) in [5.41, 5.74) is 7.82. The number of aromatic nitrogens is 1. The normalized spacial score (nSPS) is 15.7. The Labute approximate surface area is 187 Å². The van der Waals surface area contributed by atoms with Gasteiger partial charge in [-0.3, -0.25) is 9.36 Å². The highest BCUT2D eigenvalue weighted by Crippen LogP contribution is 2.36. The van der Waals surface area contributed by atoms with E-state index < -0.39 is 5.92 Å². The van der Waals surface area contributed by atoms with Crippen LogP contribution >= 0.6 is 11.3 Å². The van der Waals surface area contributed by atoms with Gasteiger partial charge in [-0.2, -0.15) is 10.5 Å². The van der Waals surface area contributed by atoms with E-state index in [1.54, 1.807) is 50.6 Å². The van der Waals surface area contributed by atoms with Crippen LogP contribution in [0.25, 0.3) is 17.5 Å². The molecule has 1 atom stereocenters. The smallest absolute Gasteiger partial charge is 0.274 e. The van der Waals surface area contributed by atoms with Crippen molar-refractivity contribution in [2.24, 2.45) is 5.73 Å². The Kier molecular flexibility index (Phi) is 5.55. The van der Waals surface area contributed by atoms with E-state index in [2.05, 4.69) is 12.1 Å². The average molecular weight is 443 g/mol. The number of benzene rings is 2. The van der Waals surface area contributed by atoms with Gasteiger partial charge in [0.2, 0.25) is 0 Å². The summed E-state index contributed by atoms with van der Waals surface area (Å²) in [6.07, 6.45) is 1.72. The summed E-state index contributed by atoms with van der Waals surface area (Å²) in [7, 11) is 3.11. The van der Waals surface area contributed by atoms with E-state index in [0.717, 1.165) is 5.56 Å². The highest BCUT2D eigenvalue weighted by Gasteiger charge is 2.32. The first kappa shape index (κ1) is 21.0. The van der Waals surface area contributed by atoms with Crippen molar-refractivity contribution in [2.45, 2.75) is 5.92 Å². The number of nitrogens with zero attached hydrogens (tertiary/aromatic N) is 3. The van der Waals surface area contributed by atoms with Gasteiger partial charge in [0.05, 0.1) is 48.0 Å². The minimum atomic E-state index is -0.692. The molecule has 7 nitrogen and oxygen atoms in total. The molecular formula is C24H18N4O3S. The number of fused-ring (bicyclic) bond motifs is 1. The van der Waals surface area contributed by atoms with Crippen LogP contribution in [0.1, 0.15) is 17.0 Å². The third-order valence-electron chi connectivity index (χ3n) is 5.21. The fraction of sp³-hybridized carbons (Fsp3) is 0.125. The van der Waals surface area contributed by atoms with Gasteiger partial charge in [0.1, 0.15) is 22.0 Å². The van der Waals surface area contributed by atoms with Gasteiger partial charge < -0.3 is 15.2 Å². The van der Waals surface area contributed by atoms with E-state index >= 15 is 0 Å². The standard InChI is InChI=1S/C24H18N4O3S/c1-30-16-7-3-5-14(9-16)10-20-23(29)28-22(27)18(12-25)21(19(13-26)24(28)32-20)15-6-4-8-17(11-15)31-2/h3-11,21H,27H2,1-2H3/b20-10-/t21-/m0/s1. The first-order valence-corrected chi connectivity index (χ1v) is 10.4. The second kappa shape index (κ2) is 8.46. The topological polar surface area (TPSA) is 114 Å². The lowest BCUT2D eigenvalue weighted by Gasteiger charge is -2.22. The summed E-state index contributed by atoms with van der Waals surface area (Å²) in [6, 6.07) is 18.7. The van der Waals surface area contributed by atoms with Crippen LogP contribution in [0.4, 0.5) is 0 Å². The summed E-state index contributed by atoms with van der Waals surface area (Å²) in [6.45, 7) is 0. The van der Waals surface area contributed by atoms with Crippen LogP contribution in [0.15, 0.2) is 58.9 Å². The van der Waals surface area contributed by atoms with Crippen LogP contribution in [-0.4, -0.2) is 18.8 Å². The number of rotatable bonds is 4.